The Labute approximate surface area is 254 Å². The molecule has 0 heterocycles. The summed E-state index contributed by atoms with van der Waals surface area (Å²) in [5.41, 5.74) is 2.60. The molecule has 10 heteroatoms. The third-order valence-corrected chi connectivity index (χ3v) is 8.91. The van der Waals surface area contributed by atoms with Gasteiger partial charge in [-0.15, -0.1) is 0 Å². The highest BCUT2D eigenvalue weighted by Gasteiger charge is 2.34. The molecular formula is C32H40ClN3O5S. The molecule has 0 aromatic heterocycles. The minimum Gasteiger partial charge on any atom is -0.497 e. The lowest BCUT2D eigenvalue weighted by Gasteiger charge is -2.33. The van der Waals surface area contributed by atoms with E-state index in [-0.39, 0.29) is 23.3 Å². The van der Waals surface area contributed by atoms with E-state index >= 15 is 0 Å². The molecule has 0 aliphatic carbocycles. The lowest BCUT2D eigenvalue weighted by Crippen LogP contribution is -2.52. The van der Waals surface area contributed by atoms with E-state index < -0.39 is 28.5 Å². The van der Waals surface area contributed by atoms with Gasteiger partial charge in [-0.05, 0) is 79.8 Å². The van der Waals surface area contributed by atoms with Gasteiger partial charge >= 0.3 is 0 Å². The Kier molecular flexibility index (Phi) is 11.4. The fourth-order valence-corrected chi connectivity index (χ4v) is 6.22. The number of carbonyl (C=O) groups is 2. The van der Waals surface area contributed by atoms with E-state index in [1.807, 2.05) is 39.8 Å². The highest BCUT2D eigenvalue weighted by atomic mass is 35.5. The minimum atomic E-state index is -4.17. The SMILES string of the molecule is CC[C@@H](C(=O)NCC(C)C)N(Cc1ccc(OC)cc1)C(=O)CN(c1ccc(Cl)cc1C)S(=O)(=O)c1ccc(C)cc1. The zero-order chi connectivity index (χ0) is 31.0. The average molecular weight is 614 g/mol. The van der Waals surface area contributed by atoms with Gasteiger partial charge in [0.15, 0.2) is 0 Å². The third kappa shape index (κ3) is 8.26. The van der Waals surface area contributed by atoms with Crippen LogP contribution in [-0.4, -0.2) is 51.4 Å². The van der Waals surface area contributed by atoms with Crippen LogP contribution in [0.1, 0.15) is 43.9 Å². The second-order valence-electron chi connectivity index (χ2n) is 10.7. The van der Waals surface area contributed by atoms with Crippen LogP contribution in [0.4, 0.5) is 5.69 Å². The molecule has 0 radical (unpaired) electrons. The number of ether oxygens (including phenoxy) is 1. The first-order valence-corrected chi connectivity index (χ1v) is 15.7. The molecule has 3 aromatic rings. The van der Waals surface area contributed by atoms with E-state index in [2.05, 4.69) is 5.32 Å². The first-order chi connectivity index (χ1) is 19.9. The van der Waals surface area contributed by atoms with Crippen LogP contribution in [0.15, 0.2) is 71.6 Å². The number of sulfonamides is 1. The molecule has 0 fully saturated rings. The quantitative estimate of drug-likeness (QED) is 0.265. The number of halogens is 1. The van der Waals surface area contributed by atoms with E-state index in [0.717, 1.165) is 15.4 Å². The minimum absolute atomic E-state index is 0.0543. The Morgan fingerprint density at radius 1 is 0.976 bits per heavy atom. The third-order valence-electron chi connectivity index (χ3n) is 6.90. The summed E-state index contributed by atoms with van der Waals surface area (Å²) in [5.74, 6) is 0.0817. The maximum Gasteiger partial charge on any atom is 0.264 e. The van der Waals surface area contributed by atoms with E-state index in [1.54, 1.807) is 56.5 Å². The van der Waals surface area contributed by atoms with Crippen molar-refractivity contribution in [1.82, 2.24) is 10.2 Å². The lowest BCUT2D eigenvalue weighted by atomic mass is 10.1. The molecule has 0 unspecified atom stereocenters. The van der Waals surface area contributed by atoms with E-state index in [1.165, 1.54) is 17.0 Å². The molecule has 0 aliphatic heterocycles. The molecule has 1 atom stereocenters. The Hall–Kier alpha value is -3.56. The summed E-state index contributed by atoms with van der Waals surface area (Å²) in [6.07, 6.45) is 0.344. The molecule has 0 bridgehead atoms. The van der Waals surface area contributed by atoms with Crippen molar-refractivity contribution in [3.63, 3.8) is 0 Å². The number of methoxy groups -OCH3 is 1. The predicted molar refractivity (Wildman–Crippen MR) is 167 cm³/mol. The van der Waals surface area contributed by atoms with Crippen LogP contribution in [-0.2, 0) is 26.2 Å². The van der Waals surface area contributed by atoms with Gasteiger partial charge < -0.3 is 15.0 Å². The maximum absolute atomic E-state index is 14.2. The van der Waals surface area contributed by atoms with Crippen molar-refractivity contribution >= 4 is 39.1 Å². The second-order valence-corrected chi connectivity index (χ2v) is 13.0. The monoisotopic (exact) mass is 613 g/mol. The molecule has 0 saturated carbocycles. The summed E-state index contributed by atoms with van der Waals surface area (Å²) in [7, 11) is -2.60. The molecule has 3 aromatic carbocycles. The zero-order valence-corrected chi connectivity index (χ0v) is 26.6. The number of carbonyl (C=O) groups excluding carboxylic acids is 2. The summed E-state index contributed by atoms with van der Waals surface area (Å²) in [5, 5.41) is 3.38. The molecule has 1 N–H and O–H groups in total. The Bertz CT molecular complexity index is 1470. The van der Waals surface area contributed by atoms with E-state index in [0.29, 0.717) is 35.0 Å². The standard InChI is InChI=1S/C32H40ClN3O5S/c1-7-29(32(38)34-19-22(2)3)35(20-25-10-13-27(41-6)14-11-25)31(37)21-36(30-17-12-26(33)18-24(30)5)42(39,40)28-15-8-23(4)9-16-28/h8-18,22,29H,7,19-21H2,1-6H3,(H,34,38)/t29-/m0/s1. The fourth-order valence-electron chi connectivity index (χ4n) is 4.52. The lowest BCUT2D eigenvalue weighted by molar-refractivity contribution is -0.140. The van der Waals surface area contributed by atoms with Gasteiger partial charge in [0.2, 0.25) is 11.8 Å². The number of amides is 2. The van der Waals surface area contributed by atoms with Crippen LogP contribution < -0.4 is 14.4 Å². The first-order valence-electron chi connectivity index (χ1n) is 13.9. The van der Waals surface area contributed by atoms with Gasteiger partial charge in [0.1, 0.15) is 18.3 Å². The molecule has 8 nitrogen and oxygen atoms in total. The van der Waals surface area contributed by atoms with Crippen molar-refractivity contribution in [2.24, 2.45) is 5.92 Å². The van der Waals surface area contributed by atoms with E-state index in [4.69, 9.17) is 16.3 Å². The number of aryl methyl sites for hydroxylation is 2. The van der Waals surface area contributed by atoms with Crippen molar-refractivity contribution in [3.05, 3.63) is 88.4 Å². The van der Waals surface area contributed by atoms with Gasteiger partial charge in [-0.1, -0.05) is 62.2 Å². The topological polar surface area (TPSA) is 96.0 Å². The summed E-state index contributed by atoms with van der Waals surface area (Å²) >= 11 is 6.19. The van der Waals surface area contributed by atoms with Gasteiger partial charge in [0, 0.05) is 18.1 Å². The predicted octanol–water partition coefficient (Wildman–Crippen LogP) is 5.74. The van der Waals surface area contributed by atoms with Crippen molar-refractivity contribution < 1.29 is 22.7 Å². The number of nitrogens with one attached hydrogen (secondary N) is 1. The van der Waals surface area contributed by atoms with Crippen LogP contribution in [0.3, 0.4) is 0 Å². The van der Waals surface area contributed by atoms with Crippen LogP contribution in [0.25, 0.3) is 0 Å². The molecule has 2 amide bonds. The first kappa shape index (κ1) is 32.9. The molecular weight excluding hydrogens is 574 g/mol. The number of hydrogen-bond acceptors (Lipinski definition) is 5. The largest absolute Gasteiger partial charge is 0.497 e. The summed E-state index contributed by atoms with van der Waals surface area (Å²) in [6, 6.07) is 17.7. The van der Waals surface area contributed by atoms with Crippen LogP contribution in [0.2, 0.25) is 5.02 Å². The summed E-state index contributed by atoms with van der Waals surface area (Å²) in [4.78, 5) is 29.1. The molecule has 3 rings (SSSR count). The van der Waals surface area contributed by atoms with E-state index in [9.17, 15) is 18.0 Å². The molecule has 42 heavy (non-hydrogen) atoms. The van der Waals surface area contributed by atoms with Gasteiger partial charge in [0.05, 0.1) is 17.7 Å². The van der Waals surface area contributed by atoms with Gasteiger partial charge in [-0.3, -0.25) is 13.9 Å². The van der Waals surface area contributed by atoms with Gasteiger partial charge in [-0.25, -0.2) is 8.42 Å². The number of rotatable bonds is 13. The maximum atomic E-state index is 14.2. The molecule has 0 saturated heterocycles. The normalized spacial score (nSPS) is 12.1. The Morgan fingerprint density at radius 2 is 1.62 bits per heavy atom. The number of anilines is 1. The van der Waals surface area contributed by atoms with Gasteiger partial charge in [-0.2, -0.15) is 0 Å². The van der Waals surface area contributed by atoms with Crippen molar-refractivity contribution in [2.45, 2.75) is 58.5 Å². The van der Waals surface area contributed by atoms with Crippen LogP contribution in [0, 0.1) is 19.8 Å². The smallest absolute Gasteiger partial charge is 0.264 e. The Balaban J connectivity index is 2.07. The molecule has 226 valence electrons. The van der Waals surface area contributed by atoms with Crippen LogP contribution in [0.5, 0.6) is 5.75 Å². The summed E-state index contributed by atoms with van der Waals surface area (Å²) in [6.45, 7) is 9.47. The molecule has 0 aliphatic rings. The van der Waals surface area contributed by atoms with Crippen molar-refractivity contribution in [1.29, 1.82) is 0 Å². The molecule has 0 spiro atoms. The number of hydrogen-bond donors (Lipinski definition) is 1. The number of nitrogens with zero attached hydrogens (tertiary/aromatic N) is 2. The fraction of sp³-hybridized carbons (Fsp3) is 0.375. The Morgan fingerprint density at radius 3 is 2.17 bits per heavy atom. The second kappa shape index (κ2) is 14.6. The van der Waals surface area contributed by atoms with Crippen LogP contribution >= 0.6 is 11.6 Å². The number of benzene rings is 3. The average Bonchev–Trinajstić information content (AvgIpc) is 2.95. The van der Waals surface area contributed by atoms with Crippen molar-refractivity contribution in [2.75, 3.05) is 24.5 Å². The van der Waals surface area contributed by atoms with Gasteiger partial charge in [0.25, 0.3) is 10.0 Å². The highest BCUT2D eigenvalue weighted by Crippen LogP contribution is 2.30. The van der Waals surface area contributed by atoms with Crippen molar-refractivity contribution in [3.8, 4) is 5.75 Å². The summed E-state index contributed by atoms with van der Waals surface area (Å²) < 4.78 is 34.5. The highest BCUT2D eigenvalue weighted by molar-refractivity contribution is 7.92. The zero-order valence-electron chi connectivity index (χ0n) is 25.1.